The maximum absolute atomic E-state index is 11.7. The number of ether oxygens (including phenoxy) is 1. The number of rotatable bonds is 1. The van der Waals surface area contributed by atoms with E-state index in [9.17, 15) is 4.79 Å². The molecule has 2 aromatic carbocycles. The van der Waals surface area contributed by atoms with Crippen molar-refractivity contribution < 1.29 is 9.53 Å². The summed E-state index contributed by atoms with van der Waals surface area (Å²) in [6, 6.07) is 15.9. The standard InChI is InChI=1S/C16H11NO2S/c18-16-17-15(13-6-3-9-20-13)14-11-5-2-1-4-10(11)7-8-12(14)19-16/h1-9,15H,(H,17,18). The molecule has 98 valence electrons. The third-order valence-electron chi connectivity index (χ3n) is 3.51. The lowest BCUT2D eigenvalue weighted by molar-refractivity contribution is 0.192. The molecule has 0 bridgehead atoms. The summed E-state index contributed by atoms with van der Waals surface area (Å²) in [5, 5.41) is 7.19. The first-order valence-corrected chi connectivity index (χ1v) is 7.24. The molecule has 2 heterocycles. The zero-order valence-corrected chi connectivity index (χ0v) is 11.3. The first-order chi connectivity index (χ1) is 9.83. The van der Waals surface area contributed by atoms with E-state index in [1.165, 1.54) is 0 Å². The molecule has 4 heteroatoms. The number of thiophene rings is 1. The third-order valence-corrected chi connectivity index (χ3v) is 4.45. The molecule has 1 aliphatic rings. The van der Waals surface area contributed by atoms with Gasteiger partial charge in [0, 0.05) is 10.4 Å². The Morgan fingerprint density at radius 1 is 1.05 bits per heavy atom. The molecule has 0 aliphatic carbocycles. The Morgan fingerprint density at radius 2 is 1.95 bits per heavy atom. The summed E-state index contributed by atoms with van der Waals surface area (Å²) >= 11 is 1.63. The fourth-order valence-corrected chi connectivity index (χ4v) is 3.43. The van der Waals surface area contributed by atoms with Gasteiger partial charge in [-0.15, -0.1) is 11.3 Å². The highest BCUT2D eigenvalue weighted by Crippen LogP contribution is 2.40. The molecule has 20 heavy (non-hydrogen) atoms. The molecule has 1 aliphatic heterocycles. The largest absolute Gasteiger partial charge is 0.413 e. The first kappa shape index (κ1) is 11.5. The third kappa shape index (κ3) is 1.69. The quantitative estimate of drug-likeness (QED) is 0.729. The van der Waals surface area contributed by atoms with E-state index in [1.54, 1.807) is 11.3 Å². The van der Waals surface area contributed by atoms with Gasteiger partial charge >= 0.3 is 6.09 Å². The number of fused-ring (bicyclic) bond motifs is 3. The van der Waals surface area contributed by atoms with E-state index in [2.05, 4.69) is 17.4 Å². The zero-order chi connectivity index (χ0) is 13.5. The predicted molar refractivity (Wildman–Crippen MR) is 79.3 cm³/mol. The van der Waals surface area contributed by atoms with Gasteiger partial charge in [0.2, 0.25) is 0 Å². The fourth-order valence-electron chi connectivity index (χ4n) is 2.65. The van der Waals surface area contributed by atoms with Crippen molar-refractivity contribution in [2.75, 3.05) is 0 Å². The Morgan fingerprint density at radius 3 is 2.80 bits per heavy atom. The lowest BCUT2D eigenvalue weighted by Gasteiger charge is -2.26. The van der Waals surface area contributed by atoms with Gasteiger partial charge in [0.05, 0.1) is 6.04 Å². The van der Waals surface area contributed by atoms with Gasteiger partial charge in [-0.1, -0.05) is 36.4 Å². The van der Waals surface area contributed by atoms with Gasteiger partial charge in [-0.25, -0.2) is 4.79 Å². The van der Waals surface area contributed by atoms with Crippen LogP contribution in [0.1, 0.15) is 16.5 Å². The Hall–Kier alpha value is -2.33. The van der Waals surface area contributed by atoms with E-state index >= 15 is 0 Å². The van der Waals surface area contributed by atoms with E-state index in [0.717, 1.165) is 21.2 Å². The molecule has 1 amide bonds. The maximum atomic E-state index is 11.7. The number of nitrogens with one attached hydrogen (secondary N) is 1. The molecular formula is C16H11NO2S. The molecule has 1 N–H and O–H groups in total. The Bertz CT molecular complexity index is 795. The number of hydrogen-bond acceptors (Lipinski definition) is 3. The average molecular weight is 281 g/mol. The molecule has 0 saturated carbocycles. The number of carbonyl (C=O) groups excluding carboxylic acids is 1. The highest BCUT2D eigenvalue weighted by atomic mass is 32.1. The number of hydrogen-bond donors (Lipinski definition) is 1. The molecule has 1 aromatic heterocycles. The second-order valence-electron chi connectivity index (χ2n) is 4.68. The van der Waals surface area contributed by atoms with Crippen molar-refractivity contribution in [2.45, 2.75) is 6.04 Å². The van der Waals surface area contributed by atoms with Crippen LogP contribution in [-0.4, -0.2) is 6.09 Å². The van der Waals surface area contributed by atoms with E-state index < -0.39 is 6.09 Å². The second kappa shape index (κ2) is 4.35. The van der Waals surface area contributed by atoms with Crippen LogP contribution in [0.3, 0.4) is 0 Å². The van der Waals surface area contributed by atoms with Crippen LogP contribution in [0.2, 0.25) is 0 Å². The number of carbonyl (C=O) groups is 1. The van der Waals surface area contributed by atoms with Crippen LogP contribution < -0.4 is 10.1 Å². The molecule has 0 spiro atoms. The number of amides is 1. The maximum Gasteiger partial charge on any atom is 0.413 e. The van der Waals surface area contributed by atoms with Crippen molar-refractivity contribution in [1.82, 2.24) is 5.32 Å². The molecule has 3 aromatic rings. The summed E-state index contributed by atoms with van der Waals surface area (Å²) in [7, 11) is 0. The van der Waals surface area contributed by atoms with Gasteiger partial charge < -0.3 is 10.1 Å². The lowest BCUT2D eigenvalue weighted by atomic mass is 9.96. The van der Waals surface area contributed by atoms with Crippen molar-refractivity contribution in [3.63, 3.8) is 0 Å². The molecular weight excluding hydrogens is 270 g/mol. The van der Waals surface area contributed by atoms with Crippen LogP contribution in [0.4, 0.5) is 4.79 Å². The molecule has 1 unspecified atom stereocenters. The summed E-state index contributed by atoms with van der Waals surface area (Å²) in [5.41, 5.74) is 1.03. The van der Waals surface area contributed by atoms with Crippen LogP contribution in [0.5, 0.6) is 5.75 Å². The number of benzene rings is 2. The molecule has 0 saturated heterocycles. The Balaban J connectivity index is 2.02. The molecule has 4 rings (SSSR count). The highest BCUT2D eigenvalue weighted by molar-refractivity contribution is 7.10. The minimum Gasteiger partial charge on any atom is -0.410 e. The summed E-state index contributed by atoms with van der Waals surface area (Å²) in [6.45, 7) is 0. The highest BCUT2D eigenvalue weighted by Gasteiger charge is 2.29. The first-order valence-electron chi connectivity index (χ1n) is 6.36. The van der Waals surface area contributed by atoms with Gasteiger partial charge in [0.1, 0.15) is 5.75 Å². The monoisotopic (exact) mass is 281 g/mol. The van der Waals surface area contributed by atoms with Crippen LogP contribution in [0, 0.1) is 0 Å². The molecule has 1 atom stereocenters. The van der Waals surface area contributed by atoms with E-state index in [4.69, 9.17) is 4.74 Å². The van der Waals surface area contributed by atoms with Crippen LogP contribution in [0.25, 0.3) is 10.8 Å². The van der Waals surface area contributed by atoms with Crippen molar-refractivity contribution >= 4 is 28.2 Å². The fraction of sp³-hybridized carbons (Fsp3) is 0.0625. The van der Waals surface area contributed by atoms with Crippen LogP contribution in [0.15, 0.2) is 53.9 Å². The van der Waals surface area contributed by atoms with Crippen molar-refractivity contribution in [3.8, 4) is 5.75 Å². The normalized spacial score (nSPS) is 17.4. The van der Waals surface area contributed by atoms with Crippen molar-refractivity contribution in [3.05, 3.63) is 64.4 Å². The van der Waals surface area contributed by atoms with E-state index in [-0.39, 0.29) is 6.04 Å². The summed E-state index contributed by atoms with van der Waals surface area (Å²) < 4.78 is 5.32. The van der Waals surface area contributed by atoms with Gasteiger partial charge in [-0.2, -0.15) is 0 Å². The second-order valence-corrected chi connectivity index (χ2v) is 5.66. The lowest BCUT2D eigenvalue weighted by Crippen LogP contribution is -2.36. The summed E-state index contributed by atoms with van der Waals surface area (Å²) in [5.74, 6) is 0.644. The van der Waals surface area contributed by atoms with Gasteiger partial charge in [0.25, 0.3) is 0 Å². The average Bonchev–Trinajstić information content (AvgIpc) is 3.00. The molecule has 0 fully saturated rings. The van der Waals surface area contributed by atoms with Gasteiger partial charge in [-0.05, 0) is 28.3 Å². The Kier molecular flexibility index (Phi) is 2.50. The molecule has 0 radical (unpaired) electrons. The SMILES string of the molecule is O=C1NC(c2cccs2)c2c(ccc3ccccc23)O1. The van der Waals surface area contributed by atoms with Crippen molar-refractivity contribution in [1.29, 1.82) is 0 Å². The summed E-state index contributed by atoms with van der Waals surface area (Å²) in [4.78, 5) is 12.8. The zero-order valence-electron chi connectivity index (χ0n) is 10.5. The minimum absolute atomic E-state index is 0.141. The predicted octanol–water partition coefficient (Wildman–Crippen LogP) is 4.09. The minimum atomic E-state index is -0.397. The van der Waals surface area contributed by atoms with Crippen LogP contribution in [-0.2, 0) is 0 Å². The van der Waals surface area contributed by atoms with Gasteiger partial charge in [-0.3, -0.25) is 0 Å². The van der Waals surface area contributed by atoms with Crippen molar-refractivity contribution in [2.24, 2.45) is 0 Å². The van der Waals surface area contributed by atoms with E-state index in [0.29, 0.717) is 5.75 Å². The smallest absolute Gasteiger partial charge is 0.410 e. The molecule has 3 nitrogen and oxygen atoms in total. The van der Waals surface area contributed by atoms with Gasteiger partial charge in [0.15, 0.2) is 0 Å². The Labute approximate surface area is 119 Å². The summed E-state index contributed by atoms with van der Waals surface area (Å²) in [6.07, 6.45) is -0.397. The topological polar surface area (TPSA) is 38.3 Å². The van der Waals surface area contributed by atoms with E-state index in [1.807, 2.05) is 41.8 Å². The van der Waals surface area contributed by atoms with Crippen LogP contribution >= 0.6 is 11.3 Å².